The summed E-state index contributed by atoms with van der Waals surface area (Å²) >= 11 is 0. The third kappa shape index (κ3) is 5.33. The van der Waals surface area contributed by atoms with Crippen molar-refractivity contribution in [1.82, 2.24) is 5.32 Å². The van der Waals surface area contributed by atoms with E-state index < -0.39 is 0 Å². The number of hydrogen-bond donors (Lipinski definition) is 1. The SMILES string of the molecule is CC1CCC(NC(C)COCc2ccccc2)CC1. The lowest BCUT2D eigenvalue weighted by molar-refractivity contribution is 0.0965. The molecule has 1 fully saturated rings. The zero-order chi connectivity index (χ0) is 13.5. The molecule has 2 heteroatoms. The molecule has 2 nitrogen and oxygen atoms in total. The molecule has 0 heterocycles. The number of benzene rings is 1. The van der Waals surface area contributed by atoms with Gasteiger partial charge in [0.05, 0.1) is 13.2 Å². The van der Waals surface area contributed by atoms with E-state index in [9.17, 15) is 0 Å². The first-order valence-electron chi connectivity index (χ1n) is 7.61. The molecule has 1 aliphatic rings. The Labute approximate surface area is 117 Å². The molecule has 1 unspecified atom stereocenters. The summed E-state index contributed by atoms with van der Waals surface area (Å²) in [7, 11) is 0. The molecule has 1 N–H and O–H groups in total. The molecule has 0 amide bonds. The van der Waals surface area contributed by atoms with E-state index in [-0.39, 0.29) is 0 Å². The van der Waals surface area contributed by atoms with Crippen molar-refractivity contribution in [2.24, 2.45) is 5.92 Å². The molecule has 0 spiro atoms. The number of rotatable bonds is 6. The average molecular weight is 261 g/mol. The zero-order valence-corrected chi connectivity index (χ0v) is 12.3. The molecule has 1 aromatic carbocycles. The van der Waals surface area contributed by atoms with Crippen molar-refractivity contribution >= 4 is 0 Å². The van der Waals surface area contributed by atoms with Gasteiger partial charge in [-0.1, -0.05) is 37.3 Å². The van der Waals surface area contributed by atoms with Gasteiger partial charge in [0.15, 0.2) is 0 Å². The molecule has 0 aromatic heterocycles. The summed E-state index contributed by atoms with van der Waals surface area (Å²) in [5, 5.41) is 3.70. The highest BCUT2D eigenvalue weighted by Gasteiger charge is 2.19. The molecule has 0 aliphatic heterocycles. The first kappa shape index (κ1) is 14.5. The second-order valence-electron chi connectivity index (χ2n) is 6.03. The number of nitrogens with one attached hydrogen (secondary N) is 1. The first-order chi connectivity index (χ1) is 9.24. The van der Waals surface area contributed by atoms with E-state index in [1.165, 1.54) is 31.2 Å². The van der Waals surface area contributed by atoms with Crippen LogP contribution in [0.5, 0.6) is 0 Å². The van der Waals surface area contributed by atoms with Crippen molar-refractivity contribution in [2.75, 3.05) is 6.61 Å². The highest BCUT2D eigenvalue weighted by atomic mass is 16.5. The van der Waals surface area contributed by atoms with Crippen molar-refractivity contribution in [2.45, 2.75) is 58.2 Å². The maximum atomic E-state index is 5.78. The van der Waals surface area contributed by atoms with E-state index in [1.54, 1.807) is 0 Å². The van der Waals surface area contributed by atoms with Gasteiger partial charge >= 0.3 is 0 Å². The summed E-state index contributed by atoms with van der Waals surface area (Å²) < 4.78 is 5.78. The van der Waals surface area contributed by atoms with Gasteiger partial charge in [0.2, 0.25) is 0 Å². The summed E-state index contributed by atoms with van der Waals surface area (Å²) in [6.45, 7) is 6.10. The molecular formula is C17H27NO. The van der Waals surface area contributed by atoms with Crippen LogP contribution in [0.3, 0.4) is 0 Å². The van der Waals surface area contributed by atoms with Crippen molar-refractivity contribution in [3.63, 3.8) is 0 Å². The summed E-state index contributed by atoms with van der Waals surface area (Å²) in [5.74, 6) is 0.919. The summed E-state index contributed by atoms with van der Waals surface area (Å²) in [5.41, 5.74) is 1.25. The predicted molar refractivity (Wildman–Crippen MR) is 80.1 cm³/mol. The molecule has 1 aliphatic carbocycles. The molecule has 1 aromatic rings. The Bertz CT molecular complexity index is 344. The number of hydrogen-bond acceptors (Lipinski definition) is 2. The van der Waals surface area contributed by atoms with Gasteiger partial charge in [-0.3, -0.25) is 0 Å². The molecule has 106 valence electrons. The lowest BCUT2D eigenvalue weighted by atomic mass is 9.87. The maximum Gasteiger partial charge on any atom is 0.0717 e. The second kappa shape index (κ2) is 7.66. The van der Waals surface area contributed by atoms with Crippen LogP contribution in [0.4, 0.5) is 0 Å². The van der Waals surface area contributed by atoms with E-state index in [1.807, 2.05) is 6.07 Å². The monoisotopic (exact) mass is 261 g/mol. The molecule has 2 rings (SSSR count). The van der Waals surface area contributed by atoms with Crippen LogP contribution in [0.25, 0.3) is 0 Å². The van der Waals surface area contributed by atoms with E-state index in [4.69, 9.17) is 4.74 Å². The molecule has 1 atom stereocenters. The van der Waals surface area contributed by atoms with E-state index in [2.05, 4.69) is 43.4 Å². The largest absolute Gasteiger partial charge is 0.375 e. The quantitative estimate of drug-likeness (QED) is 0.842. The van der Waals surface area contributed by atoms with Crippen LogP contribution >= 0.6 is 0 Å². The maximum absolute atomic E-state index is 5.78. The summed E-state index contributed by atoms with van der Waals surface area (Å²) in [6.07, 6.45) is 5.39. The lowest BCUT2D eigenvalue weighted by Crippen LogP contribution is -2.41. The van der Waals surface area contributed by atoms with Crippen LogP contribution in [0.2, 0.25) is 0 Å². The molecule has 0 radical (unpaired) electrons. The summed E-state index contributed by atoms with van der Waals surface area (Å²) in [6, 6.07) is 11.5. The summed E-state index contributed by atoms with van der Waals surface area (Å²) in [4.78, 5) is 0. The first-order valence-corrected chi connectivity index (χ1v) is 7.61. The average Bonchev–Trinajstić information content (AvgIpc) is 2.43. The topological polar surface area (TPSA) is 21.3 Å². The van der Waals surface area contributed by atoms with Gasteiger partial charge < -0.3 is 10.1 Å². The van der Waals surface area contributed by atoms with Crippen LogP contribution in [0, 0.1) is 5.92 Å². The van der Waals surface area contributed by atoms with Gasteiger partial charge in [0.25, 0.3) is 0 Å². The minimum absolute atomic E-state index is 0.446. The van der Waals surface area contributed by atoms with Crippen LogP contribution in [-0.2, 0) is 11.3 Å². The fraction of sp³-hybridized carbons (Fsp3) is 0.647. The molecule has 1 saturated carbocycles. The van der Waals surface area contributed by atoms with Gasteiger partial charge in [0, 0.05) is 12.1 Å². The minimum Gasteiger partial charge on any atom is -0.375 e. The van der Waals surface area contributed by atoms with Gasteiger partial charge in [-0.25, -0.2) is 0 Å². The van der Waals surface area contributed by atoms with Gasteiger partial charge in [0.1, 0.15) is 0 Å². The molecule has 19 heavy (non-hydrogen) atoms. The molecular weight excluding hydrogens is 234 g/mol. The Morgan fingerprint density at radius 3 is 2.53 bits per heavy atom. The van der Waals surface area contributed by atoms with Crippen LogP contribution in [0.1, 0.15) is 45.1 Å². The smallest absolute Gasteiger partial charge is 0.0717 e. The van der Waals surface area contributed by atoms with Gasteiger partial charge in [-0.05, 0) is 44.1 Å². The van der Waals surface area contributed by atoms with Crippen molar-refractivity contribution in [1.29, 1.82) is 0 Å². The normalized spacial score (nSPS) is 25.2. The Hall–Kier alpha value is -0.860. The lowest BCUT2D eigenvalue weighted by Gasteiger charge is -2.29. The van der Waals surface area contributed by atoms with Gasteiger partial charge in [-0.2, -0.15) is 0 Å². The van der Waals surface area contributed by atoms with E-state index in [0.717, 1.165) is 12.5 Å². The van der Waals surface area contributed by atoms with Crippen molar-refractivity contribution in [3.8, 4) is 0 Å². The second-order valence-corrected chi connectivity index (χ2v) is 6.03. The van der Waals surface area contributed by atoms with Crippen LogP contribution in [0.15, 0.2) is 30.3 Å². The van der Waals surface area contributed by atoms with Crippen LogP contribution in [-0.4, -0.2) is 18.7 Å². The third-order valence-electron chi connectivity index (χ3n) is 4.02. The van der Waals surface area contributed by atoms with E-state index >= 15 is 0 Å². The predicted octanol–water partition coefficient (Wildman–Crippen LogP) is 3.76. The van der Waals surface area contributed by atoms with Gasteiger partial charge in [-0.15, -0.1) is 0 Å². The standard InChI is InChI=1S/C17H27NO/c1-14-8-10-17(11-9-14)18-15(2)12-19-13-16-6-4-3-5-7-16/h3-7,14-15,17-18H,8-13H2,1-2H3. The fourth-order valence-corrected chi connectivity index (χ4v) is 2.81. The molecule has 0 saturated heterocycles. The Morgan fingerprint density at radius 1 is 1.16 bits per heavy atom. The van der Waals surface area contributed by atoms with E-state index in [0.29, 0.717) is 18.7 Å². The third-order valence-corrected chi connectivity index (χ3v) is 4.02. The number of ether oxygens (including phenoxy) is 1. The fourth-order valence-electron chi connectivity index (χ4n) is 2.81. The Kier molecular flexibility index (Phi) is 5.87. The minimum atomic E-state index is 0.446. The Balaban J connectivity index is 1.61. The zero-order valence-electron chi connectivity index (χ0n) is 12.3. The molecule has 0 bridgehead atoms. The highest BCUT2D eigenvalue weighted by Crippen LogP contribution is 2.23. The van der Waals surface area contributed by atoms with Crippen LogP contribution < -0.4 is 5.32 Å². The van der Waals surface area contributed by atoms with Crippen molar-refractivity contribution in [3.05, 3.63) is 35.9 Å². The van der Waals surface area contributed by atoms with Crippen molar-refractivity contribution < 1.29 is 4.74 Å². The highest BCUT2D eigenvalue weighted by molar-refractivity contribution is 5.13. The Morgan fingerprint density at radius 2 is 1.84 bits per heavy atom.